The summed E-state index contributed by atoms with van der Waals surface area (Å²) in [6, 6.07) is 18.8. The number of likely N-dealkylation sites (tertiary alicyclic amines) is 1. The zero-order valence-corrected chi connectivity index (χ0v) is 19.0. The van der Waals surface area contributed by atoms with Crippen molar-refractivity contribution in [3.05, 3.63) is 89.7 Å². The van der Waals surface area contributed by atoms with Crippen LogP contribution in [0.4, 0.5) is 0 Å². The predicted octanol–water partition coefficient (Wildman–Crippen LogP) is 3.75. The Morgan fingerprint density at radius 2 is 1.55 bits per heavy atom. The number of carbonyl (C=O) groups is 2. The van der Waals surface area contributed by atoms with Crippen LogP contribution >= 0.6 is 0 Å². The van der Waals surface area contributed by atoms with E-state index in [0.29, 0.717) is 30.1 Å². The number of pyridine rings is 1. The molecule has 0 radical (unpaired) electrons. The Hall–Kier alpha value is -3.51. The van der Waals surface area contributed by atoms with Crippen LogP contribution < -0.4 is 10.6 Å². The van der Waals surface area contributed by atoms with Gasteiger partial charge in [0.05, 0.1) is 0 Å². The van der Waals surface area contributed by atoms with Crippen LogP contribution in [0.5, 0.6) is 0 Å². The van der Waals surface area contributed by atoms with Gasteiger partial charge in [-0.05, 0) is 92.0 Å². The SMILES string of the molecule is CN1CCC(CNC(=O)c2cccc(CNC(=O)c3ccc(-c4ccncc4)cc3)c2)CC1. The van der Waals surface area contributed by atoms with Crippen LogP contribution in [0.25, 0.3) is 11.1 Å². The summed E-state index contributed by atoms with van der Waals surface area (Å²) in [6.07, 6.45) is 5.73. The molecular formula is C27H30N4O2. The first-order valence-corrected chi connectivity index (χ1v) is 11.4. The van der Waals surface area contributed by atoms with Gasteiger partial charge < -0.3 is 15.5 Å². The number of rotatable bonds is 7. The van der Waals surface area contributed by atoms with Gasteiger partial charge in [-0.3, -0.25) is 14.6 Å². The number of hydrogen-bond acceptors (Lipinski definition) is 4. The lowest BCUT2D eigenvalue weighted by atomic mass is 9.97. The Labute approximate surface area is 195 Å². The predicted molar refractivity (Wildman–Crippen MR) is 130 cm³/mol. The second-order valence-electron chi connectivity index (χ2n) is 8.65. The van der Waals surface area contributed by atoms with Gasteiger partial charge in [0.1, 0.15) is 0 Å². The second-order valence-corrected chi connectivity index (χ2v) is 8.65. The fourth-order valence-corrected chi connectivity index (χ4v) is 4.07. The first-order valence-electron chi connectivity index (χ1n) is 11.4. The molecule has 4 rings (SSSR count). The third-order valence-electron chi connectivity index (χ3n) is 6.19. The molecule has 6 heteroatoms. The largest absolute Gasteiger partial charge is 0.352 e. The summed E-state index contributed by atoms with van der Waals surface area (Å²) in [5.74, 6) is 0.333. The molecule has 2 amide bonds. The van der Waals surface area contributed by atoms with E-state index in [9.17, 15) is 9.59 Å². The van der Waals surface area contributed by atoms with Crippen molar-refractivity contribution in [3.63, 3.8) is 0 Å². The fraction of sp³-hybridized carbons (Fsp3) is 0.296. The van der Waals surface area contributed by atoms with Gasteiger partial charge in [-0.2, -0.15) is 0 Å². The van der Waals surface area contributed by atoms with E-state index in [0.717, 1.165) is 42.6 Å². The lowest BCUT2D eigenvalue weighted by Gasteiger charge is -2.28. The van der Waals surface area contributed by atoms with E-state index >= 15 is 0 Å². The molecule has 0 spiro atoms. The fourth-order valence-electron chi connectivity index (χ4n) is 4.07. The molecule has 1 fully saturated rings. The number of nitrogens with zero attached hydrogens (tertiary/aromatic N) is 2. The molecule has 2 heterocycles. The maximum atomic E-state index is 12.6. The smallest absolute Gasteiger partial charge is 0.251 e. The molecule has 33 heavy (non-hydrogen) atoms. The van der Waals surface area contributed by atoms with Crippen molar-refractivity contribution in [2.45, 2.75) is 19.4 Å². The highest BCUT2D eigenvalue weighted by molar-refractivity contribution is 5.95. The number of piperidine rings is 1. The van der Waals surface area contributed by atoms with Crippen molar-refractivity contribution >= 4 is 11.8 Å². The molecule has 0 saturated carbocycles. The van der Waals surface area contributed by atoms with Gasteiger partial charge in [0.2, 0.25) is 0 Å². The number of aromatic nitrogens is 1. The third kappa shape index (κ3) is 6.26. The number of amides is 2. The van der Waals surface area contributed by atoms with Crippen molar-refractivity contribution in [1.29, 1.82) is 0 Å². The maximum Gasteiger partial charge on any atom is 0.251 e. The monoisotopic (exact) mass is 442 g/mol. The number of carbonyl (C=O) groups excluding carboxylic acids is 2. The molecule has 1 aromatic heterocycles. The van der Waals surface area contributed by atoms with Crippen molar-refractivity contribution in [3.8, 4) is 11.1 Å². The van der Waals surface area contributed by atoms with Crippen molar-refractivity contribution in [1.82, 2.24) is 20.5 Å². The molecule has 170 valence electrons. The molecule has 0 bridgehead atoms. The van der Waals surface area contributed by atoms with E-state index < -0.39 is 0 Å². The minimum absolute atomic E-state index is 0.0613. The summed E-state index contributed by atoms with van der Waals surface area (Å²) in [5.41, 5.74) is 4.20. The van der Waals surface area contributed by atoms with Crippen molar-refractivity contribution in [2.24, 2.45) is 5.92 Å². The van der Waals surface area contributed by atoms with Crippen LogP contribution in [-0.2, 0) is 6.54 Å². The Morgan fingerprint density at radius 1 is 0.879 bits per heavy atom. The molecule has 6 nitrogen and oxygen atoms in total. The minimum Gasteiger partial charge on any atom is -0.352 e. The zero-order chi connectivity index (χ0) is 23.0. The summed E-state index contributed by atoms with van der Waals surface area (Å²) in [6.45, 7) is 3.24. The highest BCUT2D eigenvalue weighted by atomic mass is 16.2. The van der Waals surface area contributed by atoms with Crippen LogP contribution in [0.2, 0.25) is 0 Å². The highest BCUT2D eigenvalue weighted by Gasteiger charge is 2.17. The number of hydrogen-bond donors (Lipinski definition) is 2. The minimum atomic E-state index is -0.145. The average Bonchev–Trinajstić information content (AvgIpc) is 2.87. The summed E-state index contributed by atoms with van der Waals surface area (Å²) >= 11 is 0. The second kappa shape index (κ2) is 10.9. The van der Waals surface area contributed by atoms with Gasteiger partial charge in [0.25, 0.3) is 11.8 Å². The van der Waals surface area contributed by atoms with Gasteiger partial charge in [0, 0.05) is 36.6 Å². The quantitative estimate of drug-likeness (QED) is 0.584. The first-order chi connectivity index (χ1) is 16.1. The normalized spacial score (nSPS) is 14.6. The van der Waals surface area contributed by atoms with Crippen LogP contribution in [0.1, 0.15) is 39.1 Å². The molecular weight excluding hydrogens is 412 g/mol. The summed E-state index contributed by atoms with van der Waals surface area (Å²) in [4.78, 5) is 31.5. The molecule has 1 aliphatic rings. The zero-order valence-electron chi connectivity index (χ0n) is 19.0. The molecule has 3 aromatic rings. The van der Waals surface area contributed by atoms with E-state index in [-0.39, 0.29) is 11.8 Å². The first kappa shape index (κ1) is 22.7. The Bertz CT molecular complexity index is 1070. The van der Waals surface area contributed by atoms with E-state index in [4.69, 9.17) is 0 Å². The Kier molecular flexibility index (Phi) is 7.47. The van der Waals surface area contributed by atoms with Gasteiger partial charge >= 0.3 is 0 Å². The van der Waals surface area contributed by atoms with Crippen LogP contribution in [0.3, 0.4) is 0 Å². The molecule has 2 aromatic carbocycles. The molecule has 0 aliphatic carbocycles. The Morgan fingerprint density at radius 3 is 2.27 bits per heavy atom. The van der Waals surface area contributed by atoms with Crippen LogP contribution in [0.15, 0.2) is 73.1 Å². The van der Waals surface area contributed by atoms with E-state index in [1.54, 1.807) is 12.4 Å². The van der Waals surface area contributed by atoms with E-state index in [1.807, 2.05) is 60.7 Å². The lowest BCUT2D eigenvalue weighted by Crippen LogP contribution is -2.36. The lowest BCUT2D eigenvalue weighted by molar-refractivity contribution is 0.0936. The summed E-state index contributed by atoms with van der Waals surface area (Å²) in [7, 11) is 2.14. The highest BCUT2D eigenvalue weighted by Crippen LogP contribution is 2.19. The number of nitrogens with one attached hydrogen (secondary N) is 2. The topological polar surface area (TPSA) is 74.3 Å². The molecule has 0 atom stereocenters. The third-order valence-corrected chi connectivity index (χ3v) is 6.19. The van der Waals surface area contributed by atoms with Crippen LogP contribution in [0, 0.1) is 5.92 Å². The Balaban J connectivity index is 1.29. The summed E-state index contributed by atoms with van der Waals surface area (Å²) < 4.78 is 0. The average molecular weight is 443 g/mol. The van der Waals surface area contributed by atoms with Gasteiger partial charge in [-0.15, -0.1) is 0 Å². The molecule has 1 aliphatic heterocycles. The molecule has 2 N–H and O–H groups in total. The van der Waals surface area contributed by atoms with E-state index in [1.165, 1.54) is 0 Å². The van der Waals surface area contributed by atoms with Crippen LogP contribution in [-0.4, -0.2) is 48.4 Å². The molecule has 1 saturated heterocycles. The van der Waals surface area contributed by atoms with Gasteiger partial charge in [-0.1, -0.05) is 24.3 Å². The van der Waals surface area contributed by atoms with E-state index in [2.05, 4.69) is 27.6 Å². The van der Waals surface area contributed by atoms with Crippen molar-refractivity contribution in [2.75, 3.05) is 26.7 Å². The summed E-state index contributed by atoms with van der Waals surface area (Å²) in [5, 5.41) is 6.01. The number of benzene rings is 2. The van der Waals surface area contributed by atoms with Crippen molar-refractivity contribution < 1.29 is 9.59 Å². The van der Waals surface area contributed by atoms with Gasteiger partial charge in [-0.25, -0.2) is 0 Å². The molecule has 0 unspecified atom stereocenters. The standard InChI is InChI=1S/C27H30N4O2/c1-31-15-11-20(12-16-31)18-29-27(33)25-4-2-3-21(17-25)19-30-26(32)24-7-5-22(6-8-24)23-9-13-28-14-10-23/h2-10,13-14,17,20H,11-12,15-16,18-19H2,1H3,(H,29,33)(H,30,32). The maximum absolute atomic E-state index is 12.6. The van der Waals surface area contributed by atoms with Gasteiger partial charge in [0.15, 0.2) is 0 Å².